The van der Waals surface area contributed by atoms with E-state index in [-0.39, 0.29) is 25.6 Å². The monoisotopic (exact) mass is 248 g/mol. The maximum Gasteiger partial charge on any atom is 0.334 e. The fraction of sp³-hybridized carbons (Fsp3) is 0.818. The minimum absolute atomic E-state index is 0.0554. The quantitative estimate of drug-likeness (QED) is 0.609. The maximum atomic E-state index is 11.1. The summed E-state index contributed by atoms with van der Waals surface area (Å²) >= 11 is 0. The van der Waals surface area contributed by atoms with Crippen molar-refractivity contribution in [3.05, 3.63) is 0 Å². The van der Waals surface area contributed by atoms with E-state index >= 15 is 0 Å². The standard InChI is InChI=1S/C11H20O6/c1-7(6-17-11(15)9(3)13)5-16-10(14)4-8(2)12/h7-9,12-13H,4-6H2,1-3H3/t7?,8-,9+/m1/s1. The first kappa shape index (κ1) is 15.9. The third kappa shape index (κ3) is 8.65. The van der Waals surface area contributed by atoms with Gasteiger partial charge in [-0.15, -0.1) is 0 Å². The van der Waals surface area contributed by atoms with Gasteiger partial charge in [-0.2, -0.15) is 0 Å². The number of carbonyl (C=O) groups excluding carboxylic acids is 2. The second-order valence-electron chi connectivity index (χ2n) is 4.15. The molecule has 0 aromatic rings. The topological polar surface area (TPSA) is 93.1 Å². The molecule has 100 valence electrons. The predicted molar refractivity (Wildman–Crippen MR) is 59.1 cm³/mol. The van der Waals surface area contributed by atoms with Crippen molar-refractivity contribution < 1.29 is 29.3 Å². The Kier molecular flexibility index (Phi) is 7.49. The second kappa shape index (κ2) is 8.03. The van der Waals surface area contributed by atoms with Crippen molar-refractivity contribution in [2.45, 2.75) is 39.4 Å². The number of rotatable bonds is 7. The van der Waals surface area contributed by atoms with Gasteiger partial charge in [0, 0.05) is 5.92 Å². The fourth-order valence-electron chi connectivity index (χ4n) is 0.928. The molecule has 1 unspecified atom stereocenters. The van der Waals surface area contributed by atoms with Gasteiger partial charge in [0.05, 0.1) is 25.7 Å². The molecule has 6 heteroatoms. The number of ether oxygens (including phenoxy) is 2. The smallest absolute Gasteiger partial charge is 0.334 e. The van der Waals surface area contributed by atoms with Crippen LogP contribution in [0.15, 0.2) is 0 Å². The summed E-state index contributed by atoms with van der Waals surface area (Å²) in [5.74, 6) is -1.35. The van der Waals surface area contributed by atoms with Gasteiger partial charge in [0.2, 0.25) is 0 Å². The molecule has 0 rings (SSSR count). The Labute approximate surface area is 101 Å². The normalized spacial score (nSPS) is 15.8. The van der Waals surface area contributed by atoms with E-state index in [4.69, 9.17) is 19.7 Å². The van der Waals surface area contributed by atoms with Crippen LogP contribution >= 0.6 is 0 Å². The lowest BCUT2D eigenvalue weighted by atomic mass is 10.2. The molecule has 0 radical (unpaired) electrons. The Hall–Kier alpha value is -1.14. The van der Waals surface area contributed by atoms with Crippen LogP contribution in [0.2, 0.25) is 0 Å². The van der Waals surface area contributed by atoms with Gasteiger partial charge in [-0.05, 0) is 13.8 Å². The summed E-state index contributed by atoms with van der Waals surface area (Å²) in [4.78, 5) is 22.0. The van der Waals surface area contributed by atoms with Gasteiger partial charge in [-0.3, -0.25) is 4.79 Å². The minimum atomic E-state index is -1.15. The molecule has 0 aliphatic rings. The van der Waals surface area contributed by atoms with Crippen LogP contribution in [0.25, 0.3) is 0 Å². The van der Waals surface area contributed by atoms with Gasteiger partial charge in [0.15, 0.2) is 0 Å². The first-order chi connectivity index (χ1) is 7.82. The van der Waals surface area contributed by atoms with Gasteiger partial charge in [-0.25, -0.2) is 4.79 Å². The summed E-state index contributed by atoms with van der Waals surface area (Å²) in [6.45, 7) is 4.74. The molecule has 0 fully saturated rings. The largest absolute Gasteiger partial charge is 0.465 e. The van der Waals surface area contributed by atoms with E-state index in [0.717, 1.165) is 0 Å². The van der Waals surface area contributed by atoms with Crippen molar-refractivity contribution in [2.75, 3.05) is 13.2 Å². The van der Waals surface area contributed by atoms with Crippen LogP contribution in [0, 0.1) is 5.92 Å². The molecule has 0 aromatic carbocycles. The molecule has 3 atom stereocenters. The van der Waals surface area contributed by atoms with Crippen LogP contribution in [-0.2, 0) is 19.1 Å². The Bertz CT molecular complexity index is 248. The third-order valence-corrected chi connectivity index (χ3v) is 1.84. The Balaban J connectivity index is 3.69. The molecule has 0 bridgehead atoms. The van der Waals surface area contributed by atoms with Gasteiger partial charge in [0.25, 0.3) is 0 Å². The molecule has 2 N–H and O–H groups in total. The van der Waals surface area contributed by atoms with Crippen LogP contribution in [0.3, 0.4) is 0 Å². The fourth-order valence-corrected chi connectivity index (χ4v) is 0.928. The number of esters is 2. The summed E-state index contributed by atoms with van der Waals surface area (Å²) in [7, 11) is 0. The van der Waals surface area contributed by atoms with Crippen molar-refractivity contribution in [1.29, 1.82) is 0 Å². The van der Waals surface area contributed by atoms with E-state index in [0.29, 0.717) is 0 Å². The number of hydrogen-bond acceptors (Lipinski definition) is 6. The molecule has 17 heavy (non-hydrogen) atoms. The summed E-state index contributed by atoms with van der Waals surface area (Å²) in [6, 6.07) is 0. The summed E-state index contributed by atoms with van der Waals surface area (Å²) in [5, 5.41) is 17.8. The van der Waals surface area contributed by atoms with Crippen molar-refractivity contribution in [3.8, 4) is 0 Å². The van der Waals surface area contributed by atoms with E-state index in [2.05, 4.69) is 0 Å². The number of aliphatic hydroxyl groups excluding tert-OH is 2. The lowest BCUT2D eigenvalue weighted by Gasteiger charge is -2.13. The van der Waals surface area contributed by atoms with Crippen molar-refractivity contribution in [3.63, 3.8) is 0 Å². The molecule has 0 spiro atoms. The van der Waals surface area contributed by atoms with E-state index in [1.807, 2.05) is 0 Å². The SMILES string of the molecule is CC(COC(=O)C[C@@H](C)O)COC(=O)[C@H](C)O. The zero-order chi connectivity index (χ0) is 13.4. The summed E-state index contributed by atoms with van der Waals surface area (Å²) in [6.07, 6.45) is -1.94. The van der Waals surface area contributed by atoms with Gasteiger partial charge in [-0.1, -0.05) is 6.92 Å². The van der Waals surface area contributed by atoms with Gasteiger partial charge < -0.3 is 19.7 Å². The molecule has 0 amide bonds. The number of aliphatic hydroxyl groups is 2. The molecule has 0 aromatic heterocycles. The average molecular weight is 248 g/mol. The van der Waals surface area contributed by atoms with Crippen molar-refractivity contribution in [1.82, 2.24) is 0 Å². The molecule has 0 aliphatic heterocycles. The van der Waals surface area contributed by atoms with Gasteiger partial charge in [0.1, 0.15) is 6.10 Å². The summed E-state index contributed by atoms with van der Waals surface area (Å²) in [5.41, 5.74) is 0. The highest BCUT2D eigenvalue weighted by atomic mass is 16.6. The van der Waals surface area contributed by atoms with Crippen LogP contribution in [0.4, 0.5) is 0 Å². The average Bonchev–Trinajstić information content (AvgIpc) is 2.21. The van der Waals surface area contributed by atoms with Crippen molar-refractivity contribution >= 4 is 11.9 Å². The van der Waals surface area contributed by atoms with E-state index < -0.39 is 24.1 Å². The first-order valence-corrected chi connectivity index (χ1v) is 5.51. The third-order valence-electron chi connectivity index (χ3n) is 1.84. The molecular weight excluding hydrogens is 228 g/mol. The molecule has 0 saturated carbocycles. The molecule has 0 saturated heterocycles. The molecule has 0 heterocycles. The lowest BCUT2D eigenvalue weighted by molar-refractivity contribution is -0.155. The number of hydrogen-bond donors (Lipinski definition) is 2. The Morgan fingerprint density at radius 2 is 1.59 bits per heavy atom. The zero-order valence-corrected chi connectivity index (χ0v) is 10.4. The highest BCUT2D eigenvalue weighted by Crippen LogP contribution is 2.01. The first-order valence-electron chi connectivity index (χ1n) is 5.51. The van der Waals surface area contributed by atoms with E-state index in [1.165, 1.54) is 13.8 Å². The maximum absolute atomic E-state index is 11.1. The van der Waals surface area contributed by atoms with Crippen LogP contribution in [-0.4, -0.2) is 47.6 Å². The predicted octanol–water partition coefficient (Wildman–Crippen LogP) is -0.139. The van der Waals surface area contributed by atoms with Crippen LogP contribution in [0.5, 0.6) is 0 Å². The Morgan fingerprint density at radius 1 is 1.06 bits per heavy atom. The van der Waals surface area contributed by atoms with E-state index in [1.54, 1.807) is 6.92 Å². The highest BCUT2D eigenvalue weighted by molar-refractivity contribution is 5.73. The van der Waals surface area contributed by atoms with Crippen LogP contribution in [0.1, 0.15) is 27.2 Å². The summed E-state index contributed by atoms with van der Waals surface area (Å²) < 4.78 is 9.60. The highest BCUT2D eigenvalue weighted by Gasteiger charge is 2.14. The van der Waals surface area contributed by atoms with Crippen LogP contribution < -0.4 is 0 Å². The minimum Gasteiger partial charge on any atom is -0.465 e. The molecular formula is C11H20O6. The molecule has 0 aliphatic carbocycles. The molecule has 6 nitrogen and oxygen atoms in total. The van der Waals surface area contributed by atoms with E-state index in [9.17, 15) is 9.59 Å². The second-order valence-corrected chi connectivity index (χ2v) is 4.15. The lowest BCUT2D eigenvalue weighted by Crippen LogP contribution is -2.24. The Morgan fingerprint density at radius 3 is 2.06 bits per heavy atom. The number of carbonyl (C=O) groups is 2. The van der Waals surface area contributed by atoms with Gasteiger partial charge >= 0.3 is 11.9 Å². The zero-order valence-electron chi connectivity index (χ0n) is 10.4. The van der Waals surface area contributed by atoms with Crippen molar-refractivity contribution in [2.24, 2.45) is 5.92 Å².